The fourth-order valence-corrected chi connectivity index (χ4v) is 5.10. The largest absolute Gasteiger partial charge is 0.360 e. The Hall–Kier alpha value is -3.46. The fourth-order valence-electron chi connectivity index (χ4n) is 4.28. The maximum absolute atomic E-state index is 13.6. The van der Waals surface area contributed by atoms with Gasteiger partial charge in [-0.25, -0.2) is 0 Å². The van der Waals surface area contributed by atoms with Gasteiger partial charge in [-0.15, -0.1) is 11.3 Å². The number of rotatable bonds is 9. The van der Waals surface area contributed by atoms with Crippen molar-refractivity contribution in [2.24, 2.45) is 0 Å². The summed E-state index contributed by atoms with van der Waals surface area (Å²) in [5.41, 5.74) is 1.67. The van der Waals surface area contributed by atoms with E-state index in [0.29, 0.717) is 17.3 Å². The van der Waals surface area contributed by atoms with E-state index in [1.807, 2.05) is 48.7 Å². The van der Waals surface area contributed by atoms with Gasteiger partial charge in [0.15, 0.2) is 5.82 Å². The first-order chi connectivity index (χ1) is 16.9. The molecule has 1 atom stereocenters. The molecular weight excluding hydrogens is 464 g/mol. The maximum atomic E-state index is 13.6. The standard InChI is InChI=1S/C26H30N4O4S/c1-17-9-11-20(12-10-17)30(24(32)14-13-23(31)28-22-16-18(2)34-29-22)25(21-8-5-15-35-21)26(33)27-19-6-3-4-7-19/h5,8-12,15-16,19,25H,3-4,6-7,13-14H2,1-2H3,(H,27,33)(H,28,29,31)/t25-/m0/s1. The lowest BCUT2D eigenvalue weighted by atomic mass is 10.1. The van der Waals surface area contributed by atoms with Crippen molar-refractivity contribution < 1.29 is 18.9 Å². The van der Waals surface area contributed by atoms with Gasteiger partial charge in [0.1, 0.15) is 11.8 Å². The van der Waals surface area contributed by atoms with Crippen LogP contribution in [-0.2, 0) is 14.4 Å². The van der Waals surface area contributed by atoms with E-state index in [-0.39, 0.29) is 36.6 Å². The molecule has 4 rings (SSSR count). The summed E-state index contributed by atoms with van der Waals surface area (Å²) in [7, 11) is 0. The third-order valence-electron chi connectivity index (χ3n) is 6.06. The average Bonchev–Trinajstić information content (AvgIpc) is 3.61. The number of hydrogen-bond donors (Lipinski definition) is 2. The summed E-state index contributed by atoms with van der Waals surface area (Å²) in [6.45, 7) is 3.70. The second-order valence-electron chi connectivity index (χ2n) is 8.88. The molecular formula is C26H30N4O4S. The Kier molecular flexibility index (Phi) is 7.97. The van der Waals surface area contributed by atoms with Crippen molar-refractivity contribution in [3.63, 3.8) is 0 Å². The molecule has 2 heterocycles. The summed E-state index contributed by atoms with van der Waals surface area (Å²) in [6.07, 6.45) is 3.97. The molecule has 0 aliphatic heterocycles. The van der Waals surface area contributed by atoms with E-state index in [1.165, 1.54) is 16.2 Å². The second kappa shape index (κ2) is 11.3. The summed E-state index contributed by atoms with van der Waals surface area (Å²) in [6, 6.07) is 12.2. The number of thiophene rings is 1. The number of aromatic nitrogens is 1. The first kappa shape index (κ1) is 24.7. The van der Waals surface area contributed by atoms with Crippen molar-refractivity contribution in [2.75, 3.05) is 10.2 Å². The van der Waals surface area contributed by atoms with Crippen LogP contribution in [0.1, 0.15) is 60.8 Å². The van der Waals surface area contributed by atoms with E-state index in [2.05, 4.69) is 15.8 Å². The normalized spacial score (nSPS) is 14.5. The lowest BCUT2D eigenvalue weighted by molar-refractivity contribution is -0.127. The number of carbonyl (C=O) groups excluding carboxylic acids is 3. The highest BCUT2D eigenvalue weighted by Crippen LogP contribution is 2.32. The minimum absolute atomic E-state index is 0.0471. The van der Waals surface area contributed by atoms with Crippen molar-refractivity contribution >= 4 is 40.6 Å². The van der Waals surface area contributed by atoms with E-state index in [4.69, 9.17) is 4.52 Å². The SMILES string of the molecule is Cc1ccc(N(C(=O)CCC(=O)Nc2cc(C)on2)[C@H](C(=O)NC2CCCC2)c2cccs2)cc1. The van der Waals surface area contributed by atoms with Gasteiger partial charge in [0.2, 0.25) is 17.7 Å². The number of amides is 3. The van der Waals surface area contributed by atoms with Gasteiger partial charge in [-0.1, -0.05) is 41.8 Å². The zero-order chi connectivity index (χ0) is 24.8. The Bertz CT molecular complexity index is 1150. The zero-order valence-electron chi connectivity index (χ0n) is 20.0. The van der Waals surface area contributed by atoms with Crippen LogP contribution in [0.5, 0.6) is 0 Å². The Balaban J connectivity index is 1.57. The molecule has 1 saturated carbocycles. The van der Waals surface area contributed by atoms with Crippen LogP contribution < -0.4 is 15.5 Å². The molecule has 1 aliphatic rings. The number of nitrogens with zero attached hydrogens (tertiary/aromatic N) is 2. The quantitative estimate of drug-likeness (QED) is 0.440. The van der Waals surface area contributed by atoms with Crippen LogP contribution in [0.2, 0.25) is 0 Å². The van der Waals surface area contributed by atoms with Crippen LogP contribution in [-0.4, -0.2) is 28.9 Å². The molecule has 0 radical (unpaired) electrons. The Labute approximate surface area is 208 Å². The molecule has 2 N–H and O–H groups in total. The molecule has 0 spiro atoms. The smallest absolute Gasteiger partial charge is 0.248 e. The van der Waals surface area contributed by atoms with Crippen molar-refractivity contribution in [1.29, 1.82) is 0 Å². The van der Waals surface area contributed by atoms with Crippen molar-refractivity contribution in [1.82, 2.24) is 10.5 Å². The van der Waals surface area contributed by atoms with Crippen LogP contribution in [0.25, 0.3) is 0 Å². The minimum Gasteiger partial charge on any atom is -0.360 e. The Morgan fingerprint density at radius 2 is 1.86 bits per heavy atom. The second-order valence-corrected chi connectivity index (χ2v) is 9.86. The number of anilines is 2. The summed E-state index contributed by atoms with van der Waals surface area (Å²) < 4.78 is 4.97. The molecule has 1 fully saturated rings. The monoisotopic (exact) mass is 494 g/mol. The molecule has 8 nitrogen and oxygen atoms in total. The van der Waals surface area contributed by atoms with E-state index in [1.54, 1.807) is 13.0 Å². The number of nitrogens with one attached hydrogen (secondary N) is 2. The third-order valence-corrected chi connectivity index (χ3v) is 6.99. The van der Waals surface area contributed by atoms with E-state index < -0.39 is 6.04 Å². The lowest BCUT2D eigenvalue weighted by Gasteiger charge is -2.31. The summed E-state index contributed by atoms with van der Waals surface area (Å²) in [5.74, 6) is 0.0337. The highest BCUT2D eigenvalue weighted by molar-refractivity contribution is 7.10. The van der Waals surface area contributed by atoms with E-state index >= 15 is 0 Å². The molecule has 1 aliphatic carbocycles. The number of hydrogen-bond acceptors (Lipinski definition) is 6. The summed E-state index contributed by atoms with van der Waals surface area (Å²) in [4.78, 5) is 41.9. The fraction of sp³-hybridized carbons (Fsp3) is 0.385. The van der Waals surface area contributed by atoms with Crippen LogP contribution in [0.4, 0.5) is 11.5 Å². The molecule has 3 amide bonds. The summed E-state index contributed by atoms with van der Waals surface area (Å²) in [5, 5.41) is 11.5. The number of aryl methyl sites for hydroxylation is 2. The first-order valence-electron chi connectivity index (χ1n) is 11.9. The van der Waals surface area contributed by atoms with Gasteiger partial charge in [-0.05, 0) is 50.3 Å². The molecule has 184 valence electrons. The molecule has 0 unspecified atom stereocenters. The third kappa shape index (κ3) is 6.36. The highest BCUT2D eigenvalue weighted by atomic mass is 32.1. The van der Waals surface area contributed by atoms with E-state index in [9.17, 15) is 14.4 Å². The first-order valence-corrected chi connectivity index (χ1v) is 12.7. The van der Waals surface area contributed by atoms with Gasteiger partial charge < -0.3 is 15.2 Å². The van der Waals surface area contributed by atoms with Crippen molar-refractivity contribution in [2.45, 2.75) is 64.5 Å². The molecule has 1 aromatic carbocycles. The van der Waals surface area contributed by atoms with E-state index in [0.717, 1.165) is 36.1 Å². The molecule has 0 bridgehead atoms. The molecule has 35 heavy (non-hydrogen) atoms. The van der Waals surface area contributed by atoms with Crippen molar-refractivity contribution in [3.8, 4) is 0 Å². The van der Waals surface area contributed by atoms with Gasteiger partial charge in [0.05, 0.1) is 0 Å². The predicted octanol–water partition coefficient (Wildman–Crippen LogP) is 4.90. The zero-order valence-corrected chi connectivity index (χ0v) is 20.8. The Morgan fingerprint density at radius 3 is 2.49 bits per heavy atom. The molecule has 9 heteroatoms. The van der Waals surface area contributed by atoms with Crippen LogP contribution in [0.3, 0.4) is 0 Å². The topological polar surface area (TPSA) is 105 Å². The van der Waals surface area contributed by atoms with Gasteiger partial charge in [0, 0.05) is 35.5 Å². The number of carbonyl (C=O) groups is 3. The Morgan fingerprint density at radius 1 is 1.11 bits per heavy atom. The van der Waals surface area contributed by atoms with Crippen molar-refractivity contribution in [3.05, 3.63) is 64.0 Å². The highest BCUT2D eigenvalue weighted by Gasteiger charge is 2.35. The summed E-state index contributed by atoms with van der Waals surface area (Å²) >= 11 is 1.44. The average molecular weight is 495 g/mol. The van der Waals surface area contributed by atoms with Crippen LogP contribution in [0.15, 0.2) is 52.4 Å². The molecule has 2 aromatic heterocycles. The van der Waals surface area contributed by atoms with Gasteiger partial charge in [-0.3, -0.25) is 19.3 Å². The molecule has 0 saturated heterocycles. The van der Waals surface area contributed by atoms with Crippen LogP contribution in [0, 0.1) is 13.8 Å². The molecule has 3 aromatic rings. The lowest BCUT2D eigenvalue weighted by Crippen LogP contribution is -2.46. The minimum atomic E-state index is -0.813. The van der Waals surface area contributed by atoms with Gasteiger partial charge in [-0.2, -0.15) is 0 Å². The van der Waals surface area contributed by atoms with Crippen LogP contribution >= 0.6 is 11.3 Å². The van der Waals surface area contributed by atoms with Gasteiger partial charge in [0.25, 0.3) is 0 Å². The van der Waals surface area contributed by atoms with Gasteiger partial charge >= 0.3 is 0 Å². The predicted molar refractivity (Wildman–Crippen MR) is 135 cm³/mol. The number of benzene rings is 1. The maximum Gasteiger partial charge on any atom is 0.248 e.